The van der Waals surface area contributed by atoms with E-state index in [1.54, 1.807) is 12.1 Å². The van der Waals surface area contributed by atoms with E-state index in [1.807, 2.05) is 6.07 Å². The number of carbonyl (C=O) groups is 2. The largest absolute Gasteiger partial charge is 0.382 e. The van der Waals surface area contributed by atoms with Crippen molar-refractivity contribution >= 4 is 17.5 Å². The van der Waals surface area contributed by atoms with Crippen molar-refractivity contribution in [1.82, 2.24) is 4.90 Å². The number of amides is 2. The van der Waals surface area contributed by atoms with Gasteiger partial charge in [-0.3, -0.25) is 14.5 Å². The summed E-state index contributed by atoms with van der Waals surface area (Å²) < 4.78 is 5.74. The molecule has 20 heavy (non-hydrogen) atoms. The van der Waals surface area contributed by atoms with Crippen molar-refractivity contribution in [3.05, 3.63) is 29.3 Å². The van der Waals surface area contributed by atoms with Gasteiger partial charge in [0.25, 0.3) is 11.8 Å². The lowest BCUT2D eigenvalue weighted by molar-refractivity contribution is 0.0636. The SMILES string of the molecule is CC1CCC(CNc2ccc3c(c2)C(=O)N(C)C3=O)O1. The molecule has 0 bridgehead atoms. The first kappa shape index (κ1) is 13.1. The summed E-state index contributed by atoms with van der Waals surface area (Å²) in [6.45, 7) is 2.80. The molecule has 0 saturated carbocycles. The highest BCUT2D eigenvalue weighted by Crippen LogP contribution is 2.25. The van der Waals surface area contributed by atoms with Crippen LogP contribution < -0.4 is 5.32 Å². The molecule has 0 aliphatic carbocycles. The number of fused-ring (bicyclic) bond motifs is 1. The zero-order chi connectivity index (χ0) is 14.3. The van der Waals surface area contributed by atoms with Gasteiger partial charge in [-0.15, -0.1) is 0 Å². The van der Waals surface area contributed by atoms with Crippen LogP contribution in [0.4, 0.5) is 5.69 Å². The fraction of sp³-hybridized carbons (Fsp3) is 0.467. The van der Waals surface area contributed by atoms with Gasteiger partial charge in [0, 0.05) is 19.3 Å². The number of nitrogens with zero attached hydrogens (tertiary/aromatic N) is 1. The molecule has 2 heterocycles. The average Bonchev–Trinajstić information content (AvgIpc) is 2.95. The predicted molar refractivity (Wildman–Crippen MR) is 74.9 cm³/mol. The number of nitrogens with one attached hydrogen (secondary N) is 1. The third-order valence-corrected chi connectivity index (χ3v) is 3.94. The molecular weight excluding hydrogens is 256 g/mol. The fourth-order valence-electron chi connectivity index (χ4n) is 2.74. The number of anilines is 1. The maximum Gasteiger partial charge on any atom is 0.261 e. The lowest BCUT2D eigenvalue weighted by Gasteiger charge is -2.13. The van der Waals surface area contributed by atoms with Crippen LogP contribution in [-0.4, -0.2) is 42.5 Å². The Morgan fingerprint density at radius 3 is 2.70 bits per heavy atom. The number of ether oxygens (including phenoxy) is 1. The van der Waals surface area contributed by atoms with Gasteiger partial charge in [-0.2, -0.15) is 0 Å². The van der Waals surface area contributed by atoms with Crippen LogP contribution in [0.3, 0.4) is 0 Å². The highest BCUT2D eigenvalue weighted by Gasteiger charge is 2.32. The number of rotatable bonds is 3. The van der Waals surface area contributed by atoms with E-state index in [4.69, 9.17) is 4.74 Å². The first-order valence-electron chi connectivity index (χ1n) is 6.92. The van der Waals surface area contributed by atoms with Crippen LogP contribution in [0.1, 0.15) is 40.5 Å². The molecule has 2 atom stereocenters. The quantitative estimate of drug-likeness (QED) is 0.855. The first-order chi connectivity index (χ1) is 9.56. The summed E-state index contributed by atoms with van der Waals surface area (Å²) in [5, 5.41) is 3.28. The van der Waals surface area contributed by atoms with Gasteiger partial charge in [-0.1, -0.05) is 0 Å². The van der Waals surface area contributed by atoms with E-state index in [-0.39, 0.29) is 17.9 Å². The molecule has 3 rings (SSSR count). The molecule has 0 aromatic heterocycles. The molecule has 1 saturated heterocycles. The van der Waals surface area contributed by atoms with E-state index < -0.39 is 0 Å². The molecule has 1 aromatic carbocycles. The third kappa shape index (κ3) is 2.18. The van der Waals surface area contributed by atoms with Crippen LogP contribution in [-0.2, 0) is 4.74 Å². The van der Waals surface area contributed by atoms with Crippen molar-refractivity contribution < 1.29 is 14.3 Å². The number of imide groups is 1. The Morgan fingerprint density at radius 2 is 2.00 bits per heavy atom. The third-order valence-electron chi connectivity index (χ3n) is 3.94. The Bertz CT molecular complexity index is 570. The summed E-state index contributed by atoms with van der Waals surface area (Å²) in [5.41, 5.74) is 1.81. The van der Waals surface area contributed by atoms with Crippen molar-refractivity contribution in [3.63, 3.8) is 0 Å². The standard InChI is InChI=1S/C15H18N2O3/c1-9-3-5-11(20-9)8-16-10-4-6-12-13(7-10)15(19)17(2)14(12)18/h4,6-7,9,11,16H,3,5,8H2,1-2H3. The van der Waals surface area contributed by atoms with Crippen molar-refractivity contribution in [1.29, 1.82) is 0 Å². The highest BCUT2D eigenvalue weighted by atomic mass is 16.5. The summed E-state index contributed by atoms with van der Waals surface area (Å²) in [6.07, 6.45) is 2.70. The molecule has 5 heteroatoms. The van der Waals surface area contributed by atoms with E-state index >= 15 is 0 Å². The van der Waals surface area contributed by atoms with E-state index in [0.29, 0.717) is 17.2 Å². The molecule has 0 radical (unpaired) electrons. The van der Waals surface area contributed by atoms with Crippen LogP contribution in [0.15, 0.2) is 18.2 Å². The number of hydrogen-bond acceptors (Lipinski definition) is 4. The van der Waals surface area contributed by atoms with Gasteiger partial charge in [0.2, 0.25) is 0 Å². The summed E-state index contributed by atoms with van der Waals surface area (Å²) in [7, 11) is 1.51. The minimum atomic E-state index is -0.237. The van der Waals surface area contributed by atoms with Gasteiger partial charge < -0.3 is 10.1 Å². The first-order valence-corrected chi connectivity index (χ1v) is 6.92. The Morgan fingerprint density at radius 1 is 1.25 bits per heavy atom. The molecule has 5 nitrogen and oxygen atoms in total. The van der Waals surface area contributed by atoms with Crippen molar-refractivity contribution in [2.24, 2.45) is 0 Å². The molecule has 2 aliphatic rings. The predicted octanol–water partition coefficient (Wildman–Crippen LogP) is 1.89. The van der Waals surface area contributed by atoms with E-state index in [9.17, 15) is 9.59 Å². The van der Waals surface area contributed by atoms with E-state index in [0.717, 1.165) is 30.0 Å². The monoisotopic (exact) mass is 274 g/mol. The smallest absolute Gasteiger partial charge is 0.261 e. The molecule has 0 spiro atoms. The summed E-state index contributed by atoms with van der Waals surface area (Å²) >= 11 is 0. The summed E-state index contributed by atoms with van der Waals surface area (Å²) in [5.74, 6) is -0.469. The van der Waals surface area contributed by atoms with E-state index in [2.05, 4.69) is 12.2 Å². The lowest BCUT2D eigenvalue weighted by atomic mass is 10.1. The Labute approximate surface area is 117 Å². The average molecular weight is 274 g/mol. The van der Waals surface area contributed by atoms with Gasteiger partial charge in [-0.05, 0) is 38.0 Å². The number of carbonyl (C=O) groups excluding carboxylic acids is 2. The minimum Gasteiger partial charge on any atom is -0.382 e. The minimum absolute atomic E-state index is 0.221. The van der Waals surface area contributed by atoms with E-state index in [1.165, 1.54) is 7.05 Å². The molecule has 1 aromatic rings. The molecule has 2 aliphatic heterocycles. The Balaban J connectivity index is 1.71. The zero-order valence-corrected chi connectivity index (χ0v) is 11.7. The Hall–Kier alpha value is -1.88. The summed E-state index contributed by atoms with van der Waals surface area (Å²) in [6, 6.07) is 5.29. The van der Waals surface area contributed by atoms with Gasteiger partial charge in [0.1, 0.15) is 0 Å². The second-order valence-electron chi connectivity index (χ2n) is 5.46. The van der Waals surface area contributed by atoms with Crippen molar-refractivity contribution in [2.75, 3.05) is 18.9 Å². The second kappa shape index (κ2) is 4.90. The van der Waals surface area contributed by atoms with Crippen LogP contribution >= 0.6 is 0 Å². The maximum absolute atomic E-state index is 11.9. The fourth-order valence-corrected chi connectivity index (χ4v) is 2.74. The number of hydrogen-bond donors (Lipinski definition) is 1. The van der Waals surface area contributed by atoms with Crippen LogP contribution in [0, 0.1) is 0 Å². The molecule has 2 amide bonds. The van der Waals surface area contributed by atoms with Crippen LogP contribution in [0.25, 0.3) is 0 Å². The lowest BCUT2D eigenvalue weighted by Crippen LogP contribution is -2.24. The van der Waals surface area contributed by atoms with Gasteiger partial charge in [0.05, 0.1) is 23.3 Å². The van der Waals surface area contributed by atoms with Gasteiger partial charge in [-0.25, -0.2) is 0 Å². The molecule has 106 valence electrons. The Kier molecular flexibility index (Phi) is 3.22. The second-order valence-corrected chi connectivity index (χ2v) is 5.46. The van der Waals surface area contributed by atoms with Gasteiger partial charge in [0.15, 0.2) is 0 Å². The van der Waals surface area contributed by atoms with Crippen LogP contribution in [0.2, 0.25) is 0 Å². The maximum atomic E-state index is 11.9. The van der Waals surface area contributed by atoms with Crippen molar-refractivity contribution in [3.8, 4) is 0 Å². The van der Waals surface area contributed by atoms with Crippen molar-refractivity contribution in [2.45, 2.75) is 32.0 Å². The molecule has 1 N–H and O–H groups in total. The molecule has 2 unspecified atom stereocenters. The molecule has 1 fully saturated rings. The highest BCUT2D eigenvalue weighted by molar-refractivity contribution is 6.21. The van der Waals surface area contributed by atoms with Crippen LogP contribution in [0.5, 0.6) is 0 Å². The zero-order valence-electron chi connectivity index (χ0n) is 11.7. The normalized spacial score (nSPS) is 25.2. The summed E-state index contributed by atoms with van der Waals surface area (Å²) in [4.78, 5) is 24.9. The van der Waals surface area contributed by atoms with Gasteiger partial charge >= 0.3 is 0 Å². The molecular formula is C15H18N2O3. The topological polar surface area (TPSA) is 58.6 Å². The number of benzene rings is 1.